The molecule has 1 fully saturated rings. The Morgan fingerprint density at radius 3 is 2.46 bits per heavy atom. The predicted octanol–water partition coefficient (Wildman–Crippen LogP) is 3.28. The van der Waals surface area contributed by atoms with Gasteiger partial charge in [-0.3, -0.25) is 14.1 Å². The highest BCUT2D eigenvalue weighted by Gasteiger charge is 2.32. The lowest BCUT2D eigenvalue weighted by Gasteiger charge is -2.29. The number of carbonyl (C=O) groups is 2. The molecule has 0 saturated carbocycles. The van der Waals surface area contributed by atoms with Gasteiger partial charge in [0, 0.05) is 35.6 Å². The van der Waals surface area contributed by atoms with Crippen molar-refractivity contribution in [1.29, 1.82) is 0 Å². The molecule has 0 bridgehead atoms. The van der Waals surface area contributed by atoms with Crippen LogP contribution in [0.25, 0.3) is 5.70 Å². The Morgan fingerprint density at radius 2 is 1.77 bits per heavy atom. The summed E-state index contributed by atoms with van der Waals surface area (Å²) in [5.74, 6) is -2.67. The Hall–Kier alpha value is -3.83. The largest absolute Gasteiger partial charge is 0.361 e. The molecule has 0 aliphatic carbocycles. The van der Waals surface area contributed by atoms with E-state index >= 15 is 0 Å². The quantitative estimate of drug-likeness (QED) is 0.315. The monoisotopic (exact) mass is 540 g/mol. The first-order valence-electron chi connectivity index (χ1n) is 13.1. The van der Waals surface area contributed by atoms with Crippen LogP contribution in [-0.2, 0) is 6.54 Å². The fraction of sp³-hybridized carbons (Fsp3) is 0.357. The summed E-state index contributed by atoms with van der Waals surface area (Å²) in [5.41, 5.74) is 2.40. The molecule has 0 aromatic heterocycles. The second kappa shape index (κ2) is 11.9. The number of anilines is 1. The Balaban J connectivity index is 1.29. The van der Waals surface area contributed by atoms with Crippen molar-refractivity contribution >= 4 is 23.3 Å². The number of alkyl halides is 1. The van der Waals surface area contributed by atoms with E-state index in [0.717, 1.165) is 30.8 Å². The van der Waals surface area contributed by atoms with Crippen molar-refractivity contribution in [3.8, 4) is 0 Å². The molecule has 3 aliphatic rings. The summed E-state index contributed by atoms with van der Waals surface area (Å²) in [4.78, 5) is 26.8. The van der Waals surface area contributed by atoms with Crippen LogP contribution in [0, 0.1) is 11.6 Å². The van der Waals surface area contributed by atoms with E-state index in [2.05, 4.69) is 26.6 Å². The van der Waals surface area contributed by atoms with Crippen molar-refractivity contribution in [2.24, 2.45) is 0 Å². The van der Waals surface area contributed by atoms with Gasteiger partial charge in [-0.25, -0.2) is 13.6 Å². The predicted molar refractivity (Wildman–Crippen MR) is 142 cm³/mol. The summed E-state index contributed by atoms with van der Waals surface area (Å²) in [6, 6.07) is 9.16. The SMILES string of the molecule is O=C(NC1CCNCC1)c1c(F)cc(C2=CC3=CN(c4ccc(CNCCCF)cc4)C(=O)NC3N2)cc1F. The molecule has 206 valence electrons. The molecule has 5 N–H and O–H groups in total. The number of nitrogens with one attached hydrogen (secondary N) is 5. The summed E-state index contributed by atoms with van der Waals surface area (Å²) < 4.78 is 42.1. The van der Waals surface area contributed by atoms with Crippen LogP contribution in [0.5, 0.6) is 0 Å². The van der Waals surface area contributed by atoms with E-state index in [1.165, 1.54) is 4.90 Å². The van der Waals surface area contributed by atoms with Gasteiger partial charge in [0.2, 0.25) is 0 Å². The molecule has 1 unspecified atom stereocenters. The highest BCUT2D eigenvalue weighted by Crippen LogP contribution is 2.29. The minimum atomic E-state index is -0.951. The number of hydrogen-bond acceptors (Lipinski definition) is 5. The van der Waals surface area contributed by atoms with E-state index in [0.29, 0.717) is 49.3 Å². The number of rotatable bonds is 9. The highest BCUT2D eigenvalue weighted by atomic mass is 19.1. The summed E-state index contributed by atoms with van der Waals surface area (Å²) >= 11 is 0. The van der Waals surface area contributed by atoms with Crippen LogP contribution in [0.3, 0.4) is 0 Å². The maximum Gasteiger partial charge on any atom is 0.327 e. The van der Waals surface area contributed by atoms with E-state index in [-0.39, 0.29) is 24.3 Å². The van der Waals surface area contributed by atoms with Crippen LogP contribution >= 0.6 is 0 Å². The first-order chi connectivity index (χ1) is 18.9. The summed E-state index contributed by atoms with van der Waals surface area (Å²) in [7, 11) is 0. The van der Waals surface area contributed by atoms with Crippen molar-refractivity contribution < 1.29 is 22.8 Å². The van der Waals surface area contributed by atoms with E-state index < -0.39 is 29.3 Å². The normalized spacial score (nSPS) is 19.1. The molecular weight excluding hydrogens is 509 g/mol. The van der Waals surface area contributed by atoms with E-state index in [1.807, 2.05) is 24.3 Å². The van der Waals surface area contributed by atoms with Gasteiger partial charge in [0.05, 0.1) is 12.4 Å². The van der Waals surface area contributed by atoms with Gasteiger partial charge in [-0.15, -0.1) is 0 Å². The van der Waals surface area contributed by atoms with Crippen molar-refractivity contribution in [3.05, 3.63) is 82.6 Å². The van der Waals surface area contributed by atoms with Crippen molar-refractivity contribution in [2.45, 2.75) is 38.0 Å². The van der Waals surface area contributed by atoms with Crippen LogP contribution in [0.1, 0.15) is 40.7 Å². The van der Waals surface area contributed by atoms with Gasteiger partial charge in [0.15, 0.2) is 0 Å². The molecular formula is C28H31F3N6O2. The van der Waals surface area contributed by atoms with E-state index in [1.54, 1.807) is 12.3 Å². The number of fused-ring (bicyclic) bond motifs is 1. The molecule has 0 spiro atoms. The highest BCUT2D eigenvalue weighted by molar-refractivity contribution is 5.97. The third-order valence-electron chi connectivity index (χ3n) is 6.99. The molecule has 1 atom stereocenters. The summed E-state index contributed by atoms with van der Waals surface area (Å²) in [6.07, 6.45) is 4.69. The lowest BCUT2D eigenvalue weighted by Crippen LogP contribution is -2.51. The first kappa shape index (κ1) is 26.8. The van der Waals surface area contributed by atoms with Crippen LogP contribution in [-0.4, -0.2) is 50.5 Å². The number of hydrogen-bond donors (Lipinski definition) is 5. The second-order valence-electron chi connectivity index (χ2n) is 9.78. The van der Waals surface area contributed by atoms with Gasteiger partial charge in [0.1, 0.15) is 23.4 Å². The first-order valence-corrected chi connectivity index (χ1v) is 13.1. The molecule has 3 aliphatic heterocycles. The Bertz CT molecular complexity index is 1270. The van der Waals surface area contributed by atoms with Gasteiger partial charge in [-0.1, -0.05) is 12.1 Å². The molecule has 0 radical (unpaired) electrons. The van der Waals surface area contributed by atoms with Gasteiger partial charge >= 0.3 is 6.03 Å². The fourth-order valence-electron chi connectivity index (χ4n) is 4.89. The molecule has 1 saturated heterocycles. The Morgan fingerprint density at radius 1 is 1.05 bits per heavy atom. The Labute approximate surface area is 224 Å². The number of nitrogens with zero attached hydrogens (tertiary/aromatic N) is 1. The van der Waals surface area contributed by atoms with Gasteiger partial charge in [-0.2, -0.15) is 0 Å². The molecule has 3 heterocycles. The maximum absolute atomic E-state index is 15.0. The van der Waals surface area contributed by atoms with E-state index in [9.17, 15) is 22.8 Å². The topological polar surface area (TPSA) is 97.5 Å². The third kappa shape index (κ3) is 6.10. The average molecular weight is 541 g/mol. The third-order valence-corrected chi connectivity index (χ3v) is 6.99. The number of carbonyl (C=O) groups excluding carboxylic acids is 2. The maximum atomic E-state index is 15.0. The molecule has 2 aromatic rings. The zero-order valence-corrected chi connectivity index (χ0v) is 21.3. The number of piperidine rings is 1. The molecule has 5 rings (SSSR count). The average Bonchev–Trinajstić information content (AvgIpc) is 3.34. The minimum Gasteiger partial charge on any atom is -0.361 e. The fourth-order valence-corrected chi connectivity index (χ4v) is 4.89. The van der Waals surface area contributed by atoms with Crippen molar-refractivity contribution in [3.63, 3.8) is 0 Å². The zero-order chi connectivity index (χ0) is 27.4. The summed E-state index contributed by atoms with van der Waals surface area (Å²) in [6.45, 7) is 2.30. The van der Waals surface area contributed by atoms with Gasteiger partial charge in [-0.05, 0) is 74.8 Å². The minimum absolute atomic E-state index is 0.127. The smallest absolute Gasteiger partial charge is 0.327 e. The zero-order valence-electron chi connectivity index (χ0n) is 21.3. The number of urea groups is 1. The molecule has 2 aromatic carbocycles. The number of benzene rings is 2. The van der Waals surface area contributed by atoms with Gasteiger partial charge in [0.25, 0.3) is 5.91 Å². The van der Waals surface area contributed by atoms with Crippen LogP contribution in [0.15, 0.2) is 54.2 Å². The van der Waals surface area contributed by atoms with Crippen LogP contribution in [0.2, 0.25) is 0 Å². The van der Waals surface area contributed by atoms with Crippen LogP contribution in [0.4, 0.5) is 23.7 Å². The Kier molecular flexibility index (Phi) is 8.18. The lowest BCUT2D eigenvalue weighted by atomic mass is 10.0. The van der Waals surface area contributed by atoms with Crippen molar-refractivity contribution in [1.82, 2.24) is 26.6 Å². The molecule has 39 heavy (non-hydrogen) atoms. The molecule has 8 nitrogen and oxygen atoms in total. The van der Waals surface area contributed by atoms with Crippen LogP contribution < -0.4 is 31.5 Å². The lowest BCUT2D eigenvalue weighted by molar-refractivity contribution is 0.0921. The van der Waals surface area contributed by atoms with E-state index in [4.69, 9.17) is 0 Å². The molecule has 3 amide bonds. The van der Waals surface area contributed by atoms with Crippen molar-refractivity contribution in [2.75, 3.05) is 31.2 Å². The summed E-state index contributed by atoms with van der Waals surface area (Å²) in [5, 5.41) is 15.0. The second-order valence-corrected chi connectivity index (χ2v) is 9.78. The number of amides is 3. The number of halogens is 3. The molecule has 11 heteroatoms. The standard InChI is InChI=1S/C28H31F3N6O2/c29-8-1-9-33-15-17-2-4-21(5-3-17)37-16-19-14-24(35-26(19)36-28(37)39)18-12-22(30)25(23(31)13-18)27(38)34-20-6-10-32-11-7-20/h2-5,12-14,16,20,26,32-33,35H,1,6-11,15H2,(H,34,38)(H,36,39). The van der Waals surface area contributed by atoms with Gasteiger partial charge < -0.3 is 26.6 Å².